The summed E-state index contributed by atoms with van der Waals surface area (Å²) in [6, 6.07) is 6.22. The van der Waals surface area contributed by atoms with Gasteiger partial charge >= 0.3 is 0 Å². The molecule has 2 aliphatic rings. The van der Waals surface area contributed by atoms with E-state index in [2.05, 4.69) is 17.9 Å². The normalized spacial score (nSPS) is 18.7. The van der Waals surface area contributed by atoms with Gasteiger partial charge in [0.15, 0.2) is 0 Å². The van der Waals surface area contributed by atoms with Crippen LogP contribution in [0.25, 0.3) is 0 Å². The Labute approximate surface area is 108 Å². The molecule has 18 heavy (non-hydrogen) atoms. The lowest BCUT2D eigenvalue weighted by molar-refractivity contribution is -0.118. The standard InChI is InChI=1S/C16H17NO/c1-17-15-10-9-13(8-7-12-5-6-12)11-14(15)3-2-4-16(17)18/h9-12H,2-6H2,1H3. The summed E-state index contributed by atoms with van der Waals surface area (Å²) in [7, 11) is 1.86. The SMILES string of the molecule is CN1C(=O)CCCc2cc(C#CC3CC3)ccc21. The molecule has 1 aromatic carbocycles. The summed E-state index contributed by atoms with van der Waals surface area (Å²) in [6.45, 7) is 0. The Morgan fingerprint density at radius 1 is 1.28 bits per heavy atom. The number of anilines is 1. The van der Waals surface area contributed by atoms with Crippen LogP contribution in [0.5, 0.6) is 0 Å². The van der Waals surface area contributed by atoms with Gasteiger partial charge in [0.05, 0.1) is 0 Å². The molecule has 0 saturated heterocycles. The first-order chi connectivity index (χ1) is 8.74. The zero-order chi connectivity index (χ0) is 12.5. The van der Waals surface area contributed by atoms with Crippen LogP contribution in [0.15, 0.2) is 18.2 Å². The molecule has 3 rings (SSSR count). The van der Waals surface area contributed by atoms with Gasteiger partial charge in [0, 0.05) is 30.6 Å². The number of nitrogens with zero attached hydrogens (tertiary/aromatic N) is 1. The maximum Gasteiger partial charge on any atom is 0.226 e. The monoisotopic (exact) mass is 239 g/mol. The number of fused-ring (bicyclic) bond motifs is 1. The topological polar surface area (TPSA) is 20.3 Å². The Balaban J connectivity index is 1.92. The van der Waals surface area contributed by atoms with E-state index in [0.717, 1.165) is 24.1 Å². The number of aryl methyl sites for hydroxylation is 1. The van der Waals surface area contributed by atoms with Crippen molar-refractivity contribution >= 4 is 11.6 Å². The van der Waals surface area contributed by atoms with E-state index in [4.69, 9.17) is 0 Å². The number of carbonyl (C=O) groups excluding carboxylic acids is 1. The van der Waals surface area contributed by atoms with Crippen LogP contribution >= 0.6 is 0 Å². The van der Waals surface area contributed by atoms with Gasteiger partial charge in [0.1, 0.15) is 0 Å². The third-order valence-electron chi connectivity index (χ3n) is 3.65. The van der Waals surface area contributed by atoms with Gasteiger partial charge in [-0.3, -0.25) is 4.79 Å². The summed E-state index contributed by atoms with van der Waals surface area (Å²) < 4.78 is 0. The maximum atomic E-state index is 11.8. The number of benzene rings is 1. The molecular formula is C16H17NO. The summed E-state index contributed by atoms with van der Waals surface area (Å²) in [5.41, 5.74) is 3.39. The van der Waals surface area contributed by atoms with Crippen molar-refractivity contribution in [2.45, 2.75) is 32.1 Å². The van der Waals surface area contributed by atoms with Crippen molar-refractivity contribution in [1.82, 2.24) is 0 Å². The molecule has 0 bridgehead atoms. The lowest BCUT2D eigenvalue weighted by Crippen LogP contribution is -2.24. The summed E-state index contributed by atoms with van der Waals surface area (Å²) in [5, 5.41) is 0. The molecule has 0 spiro atoms. The third kappa shape index (κ3) is 2.26. The predicted octanol–water partition coefficient (Wildman–Crippen LogP) is 2.75. The van der Waals surface area contributed by atoms with Gasteiger partial charge in [-0.1, -0.05) is 11.8 Å². The summed E-state index contributed by atoms with van der Waals surface area (Å²) >= 11 is 0. The first kappa shape index (κ1) is 11.3. The van der Waals surface area contributed by atoms with Crippen LogP contribution in [0.1, 0.15) is 36.8 Å². The fraction of sp³-hybridized carbons (Fsp3) is 0.438. The van der Waals surface area contributed by atoms with Crippen LogP contribution in [0, 0.1) is 17.8 Å². The highest BCUT2D eigenvalue weighted by Gasteiger charge is 2.19. The zero-order valence-electron chi connectivity index (χ0n) is 10.7. The fourth-order valence-corrected chi connectivity index (χ4v) is 2.34. The minimum atomic E-state index is 0.213. The average Bonchev–Trinajstić information content (AvgIpc) is 3.19. The molecule has 1 amide bonds. The molecule has 0 unspecified atom stereocenters. The molecule has 92 valence electrons. The molecule has 1 saturated carbocycles. The third-order valence-corrected chi connectivity index (χ3v) is 3.65. The highest BCUT2D eigenvalue weighted by Crippen LogP contribution is 2.29. The molecular weight excluding hydrogens is 222 g/mol. The number of carbonyl (C=O) groups is 1. The zero-order valence-corrected chi connectivity index (χ0v) is 10.7. The largest absolute Gasteiger partial charge is 0.315 e. The van der Waals surface area contributed by atoms with Crippen molar-refractivity contribution < 1.29 is 4.79 Å². The quantitative estimate of drug-likeness (QED) is 0.637. The van der Waals surface area contributed by atoms with Gasteiger partial charge in [0.2, 0.25) is 5.91 Å². The molecule has 0 atom stereocenters. The Hall–Kier alpha value is -1.75. The number of hydrogen-bond acceptors (Lipinski definition) is 1. The molecule has 0 N–H and O–H groups in total. The van der Waals surface area contributed by atoms with Crippen LogP contribution in [0.3, 0.4) is 0 Å². The van der Waals surface area contributed by atoms with Crippen molar-refractivity contribution in [3.63, 3.8) is 0 Å². The Kier molecular flexibility index (Phi) is 2.83. The summed E-state index contributed by atoms with van der Waals surface area (Å²) in [6.07, 6.45) is 5.08. The lowest BCUT2D eigenvalue weighted by atomic mass is 10.0. The van der Waals surface area contributed by atoms with Crippen molar-refractivity contribution in [3.05, 3.63) is 29.3 Å². The van der Waals surface area contributed by atoms with Crippen molar-refractivity contribution in [3.8, 4) is 11.8 Å². The number of amides is 1. The average molecular weight is 239 g/mol. The number of rotatable bonds is 0. The van der Waals surface area contributed by atoms with Crippen LogP contribution in [-0.2, 0) is 11.2 Å². The Morgan fingerprint density at radius 3 is 2.89 bits per heavy atom. The predicted molar refractivity (Wildman–Crippen MR) is 72.4 cm³/mol. The Bertz CT molecular complexity index is 546. The van der Waals surface area contributed by atoms with E-state index in [1.807, 2.05) is 19.2 Å². The van der Waals surface area contributed by atoms with E-state index in [9.17, 15) is 4.79 Å². The van der Waals surface area contributed by atoms with Gasteiger partial charge in [-0.2, -0.15) is 0 Å². The minimum absolute atomic E-state index is 0.213. The van der Waals surface area contributed by atoms with E-state index < -0.39 is 0 Å². The van der Waals surface area contributed by atoms with E-state index in [-0.39, 0.29) is 5.91 Å². The fourth-order valence-electron chi connectivity index (χ4n) is 2.34. The lowest BCUT2D eigenvalue weighted by Gasteiger charge is -2.17. The van der Waals surface area contributed by atoms with Crippen LogP contribution in [-0.4, -0.2) is 13.0 Å². The van der Waals surface area contributed by atoms with Gasteiger partial charge in [0.25, 0.3) is 0 Å². The first-order valence-corrected chi connectivity index (χ1v) is 6.65. The molecule has 2 heteroatoms. The molecule has 0 aromatic heterocycles. The van der Waals surface area contributed by atoms with Crippen molar-refractivity contribution in [1.29, 1.82) is 0 Å². The summed E-state index contributed by atoms with van der Waals surface area (Å²) in [5.74, 6) is 7.38. The molecule has 1 aliphatic heterocycles. The van der Waals surface area contributed by atoms with Crippen LogP contribution < -0.4 is 4.90 Å². The van der Waals surface area contributed by atoms with E-state index in [0.29, 0.717) is 12.3 Å². The first-order valence-electron chi connectivity index (χ1n) is 6.65. The molecule has 2 nitrogen and oxygen atoms in total. The molecule has 1 heterocycles. The highest BCUT2D eigenvalue weighted by atomic mass is 16.2. The minimum Gasteiger partial charge on any atom is -0.315 e. The van der Waals surface area contributed by atoms with Crippen LogP contribution in [0.2, 0.25) is 0 Å². The second-order valence-electron chi connectivity index (χ2n) is 5.19. The smallest absolute Gasteiger partial charge is 0.226 e. The molecule has 1 aliphatic carbocycles. The Morgan fingerprint density at radius 2 is 2.11 bits per heavy atom. The molecule has 0 radical (unpaired) electrons. The van der Waals surface area contributed by atoms with Crippen molar-refractivity contribution in [2.75, 3.05) is 11.9 Å². The van der Waals surface area contributed by atoms with Crippen molar-refractivity contribution in [2.24, 2.45) is 5.92 Å². The second-order valence-corrected chi connectivity index (χ2v) is 5.19. The molecule has 1 fully saturated rings. The molecule has 1 aromatic rings. The number of hydrogen-bond donors (Lipinski definition) is 0. The van der Waals surface area contributed by atoms with Gasteiger partial charge in [-0.25, -0.2) is 0 Å². The van der Waals surface area contributed by atoms with Gasteiger partial charge in [-0.05, 0) is 49.4 Å². The summed E-state index contributed by atoms with van der Waals surface area (Å²) in [4.78, 5) is 13.6. The highest BCUT2D eigenvalue weighted by molar-refractivity contribution is 5.94. The van der Waals surface area contributed by atoms with Crippen LogP contribution in [0.4, 0.5) is 5.69 Å². The van der Waals surface area contributed by atoms with E-state index in [1.165, 1.54) is 18.4 Å². The van der Waals surface area contributed by atoms with E-state index >= 15 is 0 Å². The second kappa shape index (κ2) is 4.49. The maximum absolute atomic E-state index is 11.8. The van der Waals surface area contributed by atoms with Gasteiger partial charge in [-0.15, -0.1) is 0 Å². The van der Waals surface area contributed by atoms with Gasteiger partial charge < -0.3 is 4.90 Å². The van der Waals surface area contributed by atoms with E-state index in [1.54, 1.807) is 4.90 Å².